The summed E-state index contributed by atoms with van der Waals surface area (Å²) in [6.07, 6.45) is 0.606. The van der Waals surface area contributed by atoms with Crippen LogP contribution in [0.2, 0.25) is 0 Å². The fourth-order valence-corrected chi connectivity index (χ4v) is 3.11. The minimum atomic E-state index is -0.835. The first-order valence-electron chi connectivity index (χ1n) is 6.89. The van der Waals surface area contributed by atoms with Crippen molar-refractivity contribution in [3.63, 3.8) is 0 Å². The zero-order valence-electron chi connectivity index (χ0n) is 12.1. The molecule has 2 unspecified atom stereocenters. The molecule has 0 aliphatic heterocycles. The lowest BCUT2D eigenvalue weighted by atomic mass is 9.86. The SMILES string of the molecule is CCNC(CCSC(C)CO)(C(N)=O)c1ccccc1. The molecule has 0 saturated carbocycles. The van der Waals surface area contributed by atoms with E-state index in [0.717, 1.165) is 11.3 Å². The third kappa shape index (κ3) is 4.23. The van der Waals surface area contributed by atoms with Crippen LogP contribution in [-0.4, -0.2) is 35.2 Å². The Balaban J connectivity index is 2.92. The molecule has 0 aliphatic carbocycles. The van der Waals surface area contributed by atoms with Crippen LogP contribution in [0.4, 0.5) is 0 Å². The van der Waals surface area contributed by atoms with Crippen molar-refractivity contribution >= 4 is 17.7 Å². The Labute approximate surface area is 125 Å². The Morgan fingerprint density at radius 1 is 1.45 bits per heavy atom. The molecular formula is C15H24N2O2S. The van der Waals surface area contributed by atoms with E-state index in [-0.39, 0.29) is 17.8 Å². The van der Waals surface area contributed by atoms with E-state index in [1.807, 2.05) is 44.2 Å². The van der Waals surface area contributed by atoms with Gasteiger partial charge in [0.15, 0.2) is 0 Å². The van der Waals surface area contributed by atoms with E-state index in [1.165, 1.54) is 0 Å². The first-order chi connectivity index (χ1) is 9.56. The lowest BCUT2D eigenvalue weighted by Crippen LogP contribution is -2.53. The maximum absolute atomic E-state index is 12.1. The Kier molecular flexibility index (Phi) is 7.05. The van der Waals surface area contributed by atoms with Crippen molar-refractivity contribution in [3.8, 4) is 0 Å². The minimum Gasteiger partial charge on any atom is -0.395 e. The van der Waals surface area contributed by atoms with E-state index in [1.54, 1.807) is 11.8 Å². The number of amides is 1. The molecule has 0 saturated heterocycles. The molecule has 0 aromatic heterocycles. The second kappa shape index (κ2) is 8.29. The Bertz CT molecular complexity index is 414. The summed E-state index contributed by atoms with van der Waals surface area (Å²) in [5.74, 6) is 0.398. The van der Waals surface area contributed by atoms with Crippen molar-refractivity contribution in [1.29, 1.82) is 0 Å². The summed E-state index contributed by atoms with van der Waals surface area (Å²) in [6, 6.07) is 9.59. The molecule has 0 heterocycles. The van der Waals surface area contributed by atoms with Crippen molar-refractivity contribution in [2.45, 2.75) is 31.1 Å². The zero-order valence-corrected chi connectivity index (χ0v) is 13.0. The first kappa shape index (κ1) is 17.0. The van der Waals surface area contributed by atoms with Crippen LogP contribution in [0.5, 0.6) is 0 Å². The van der Waals surface area contributed by atoms with Gasteiger partial charge in [-0.15, -0.1) is 0 Å². The number of benzene rings is 1. The highest BCUT2D eigenvalue weighted by atomic mass is 32.2. The molecule has 0 fully saturated rings. The van der Waals surface area contributed by atoms with Gasteiger partial charge in [0.2, 0.25) is 5.91 Å². The predicted octanol–water partition coefficient (Wildman–Crippen LogP) is 1.48. The topological polar surface area (TPSA) is 75.3 Å². The van der Waals surface area contributed by atoms with Crippen molar-refractivity contribution in [2.24, 2.45) is 5.73 Å². The number of aliphatic hydroxyl groups excluding tert-OH is 1. The molecular weight excluding hydrogens is 272 g/mol. The molecule has 112 valence electrons. The van der Waals surface area contributed by atoms with E-state index < -0.39 is 5.54 Å². The number of nitrogens with one attached hydrogen (secondary N) is 1. The summed E-state index contributed by atoms with van der Waals surface area (Å²) in [4.78, 5) is 12.1. The third-order valence-corrected chi connectivity index (χ3v) is 4.46. The van der Waals surface area contributed by atoms with Gasteiger partial charge in [0.25, 0.3) is 0 Å². The van der Waals surface area contributed by atoms with Gasteiger partial charge in [0.05, 0.1) is 6.61 Å². The number of rotatable bonds is 9. The number of aliphatic hydroxyl groups is 1. The zero-order chi connectivity index (χ0) is 15.0. The van der Waals surface area contributed by atoms with Gasteiger partial charge in [-0.1, -0.05) is 44.2 Å². The normalized spacial score (nSPS) is 15.6. The smallest absolute Gasteiger partial charge is 0.242 e. The molecule has 0 radical (unpaired) electrons. The standard InChI is InChI=1S/C15H24N2O2S/c1-3-17-15(14(16)19,9-10-20-12(2)11-18)13-7-5-4-6-8-13/h4-8,12,17-18H,3,9-11H2,1-2H3,(H2,16,19). The number of hydrogen-bond acceptors (Lipinski definition) is 4. The average Bonchev–Trinajstić information content (AvgIpc) is 2.46. The lowest BCUT2D eigenvalue weighted by Gasteiger charge is -2.32. The maximum atomic E-state index is 12.1. The van der Waals surface area contributed by atoms with Gasteiger partial charge in [-0.05, 0) is 24.3 Å². The minimum absolute atomic E-state index is 0.140. The summed E-state index contributed by atoms with van der Waals surface area (Å²) in [7, 11) is 0. The van der Waals surface area contributed by atoms with E-state index >= 15 is 0 Å². The quantitative estimate of drug-likeness (QED) is 0.645. The number of likely N-dealkylation sites (N-methyl/N-ethyl adjacent to an activating group) is 1. The molecule has 0 aliphatic rings. The lowest BCUT2D eigenvalue weighted by molar-refractivity contribution is -0.124. The van der Waals surface area contributed by atoms with E-state index in [2.05, 4.69) is 5.32 Å². The Hall–Kier alpha value is -1.04. The summed E-state index contributed by atoms with van der Waals surface area (Å²) < 4.78 is 0. The second-order valence-electron chi connectivity index (χ2n) is 4.78. The van der Waals surface area contributed by atoms with Crippen LogP contribution in [0, 0.1) is 0 Å². The Morgan fingerprint density at radius 3 is 2.60 bits per heavy atom. The van der Waals surface area contributed by atoms with Crippen LogP contribution < -0.4 is 11.1 Å². The molecule has 0 spiro atoms. The number of carbonyl (C=O) groups is 1. The van der Waals surface area contributed by atoms with Crippen LogP contribution in [0.3, 0.4) is 0 Å². The molecule has 1 rings (SSSR count). The monoisotopic (exact) mass is 296 g/mol. The summed E-state index contributed by atoms with van der Waals surface area (Å²) >= 11 is 1.64. The van der Waals surface area contributed by atoms with Gasteiger partial charge in [-0.25, -0.2) is 0 Å². The largest absolute Gasteiger partial charge is 0.395 e. The third-order valence-electron chi connectivity index (χ3n) is 3.30. The van der Waals surface area contributed by atoms with Crippen LogP contribution in [0.1, 0.15) is 25.8 Å². The fourth-order valence-electron chi connectivity index (χ4n) is 2.18. The highest BCUT2D eigenvalue weighted by molar-refractivity contribution is 7.99. The van der Waals surface area contributed by atoms with Gasteiger partial charge in [-0.2, -0.15) is 11.8 Å². The highest BCUT2D eigenvalue weighted by Crippen LogP contribution is 2.27. The maximum Gasteiger partial charge on any atom is 0.242 e. The van der Waals surface area contributed by atoms with Crippen LogP contribution in [-0.2, 0) is 10.3 Å². The van der Waals surface area contributed by atoms with Crippen molar-refractivity contribution in [3.05, 3.63) is 35.9 Å². The van der Waals surface area contributed by atoms with Gasteiger partial charge in [-0.3, -0.25) is 10.1 Å². The number of nitrogens with two attached hydrogens (primary N) is 1. The number of primary amides is 1. The highest BCUT2D eigenvalue weighted by Gasteiger charge is 2.37. The first-order valence-corrected chi connectivity index (χ1v) is 7.94. The van der Waals surface area contributed by atoms with Crippen LogP contribution in [0.25, 0.3) is 0 Å². The average molecular weight is 296 g/mol. The summed E-state index contributed by atoms with van der Waals surface area (Å²) in [5.41, 5.74) is 5.74. The molecule has 4 nitrogen and oxygen atoms in total. The van der Waals surface area contributed by atoms with Crippen molar-refractivity contribution in [1.82, 2.24) is 5.32 Å². The molecule has 2 atom stereocenters. The number of hydrogen-bond donors (Lipinski definition) is 3. The van der Waals surface area contributed by atoms with Gasteiger partial charge in [0.1, 0.15) is 5.54 Å². The number of carbonyl (C=O) groups excluding carboxylic acids is 1. The van der Waals surface area contributed by atoms with Crippen LogP contribution >= 0.6 is 11.8 Å². The van der Waals surface area contributed by atoms with Crippen LogP contribution in [0.15, 0.2) is 30.3 Å². The van der Waals surface area contributed by atoms with E-state index in [9.17, 15) is 4.79 Å². The molecule has 1 aromatic rings. The van der Waals surface area contributed by atoms with Crippen molar-refractivity contribution < 1.29 is 9.90 Å². The molecule has 4 N–H and O–H groups in total. The Morgan fingerprint density at radius 2 is 2.10 bits per heavy atom. The van der Waals surface area contributed by atoms with E-state index in [0.29, 0.717) is 13.0 Å². The van der Waals surface area contributed by atoms with Crippen molar-refractivity contribution in [2.75, 3.05) is 18.9 Å². The molecule has 1 aromatic carbocycles. The number of thioether (sulfide) groups is 1. The molecule has 5 heteroatoms. The molecule has 1 amide bonds. The predicted molar refractivity (Wildman–Crippen MR) is 84.6 cm³/mol. The van der Waals surface area contributed by atoms with E-state index in [4.69, 9.17) is 10.8 Å². The molecule has 0 bridgehead atoms. The summed E-state index contributed by atoms with van der Waals surface area (Å²) in [5, 5.41) is 12.5. The van der Waals surface area contributed by atoms with Gasteiger partial charge >= 0.3 is 0 Å². The second-order valence-corrected chi connectivity index (χ2v) is 6.33. The summed E-state index contributed by atoms with van der Waals surface area (Å²) in [6.45, 7) is 4.73. The fraction of sp³-hybridized carbons (Fsp3) is 0.533. The van der Waals surface area contributed by atoms with Gasteiger partial charge < -0.3 is 10.8 Å². The van der Waals surface area contributed by atoms with Gasteiger partial charge in [0, 0.05) is 5.25 Å². The molecule has 20 heavy (non-hydrogen) atoms.